The third-order valence-corrected chi connectivity index (χ3v) is 5.61. The number of thiazole rings is 1. The van der Waals surface area contributed by atoms with Crippen molar-refractivity contribution in [3.63, 3.8) is 0 Å². The highest BCUT2D eigenvalue weighted by atomic mass is 32.1. The zero-order valence-corrected chi connectivity index (χ0v) is 15.2. The van der Waals surface area contributed by atoms with Crippen LogP contribution in [0.4, 0.5) is 0 Å². The smallest absolute Gasteiger partial charge is 0.0991 e. The van der Waals surface area contributed by atoms with E-state index in [-0.39, 0.29) is 0 Å². The molecule has 2 heterocycles. The van der Waals surface area contributed by atoms with E-state index in [4.69, 9.17) is 5.26 Å². The number of nitriles is 1. The Balaban J connectivity index is 1.46. The first-order chi connectivity index (χ1) is 11.6. The molecule has 0 radical (unpaired) electrons. The van der Waals surface area contributed by atoms with Gasteiger partial charge in [-0.15, -0.1) is 11.3 Å². The highest BCUT2D eigenvalue weighted by Crippen LogP contribution is 2.21. The summed E-state index contributed by atoms with van der Waals surface area (Å²) in [4.78, 5) is 10.7. The summed E-state index contributed by atoms with van der Waals surface area (Å²) in [6.45, 7) is 7.54. The predicted molar refractivity (Wildman–Crippen MR) is 97.7 cm³/mol. The Kier molecular flexibility index (Phi) is 5.62. The molecule has 0 bridgehead atoms. The van der Waals surface area contributed by atoms with Crippen LogP contribution in [0.1, 0.15) is 28.1 Å². The van der Waals surface area contributed by atoms with Crippen molar-refractivity contribution in [3.05, 3.63) is 51.5 Å². The fourth-order valence-corrected chi connectivity index (χ4v) is 4.23. The number of hydrogen-bond acceptors (Lipinski definition) is 5. The molecule has 24 heavy (non-hydrogen) atoms. The van der Waals surface area contributed by atoms with Crippen LogP contribution >= 0.6 is 11.3 Å². The van der Waals surface area contributed by atoms with E-state index < -0.39 is 0 Å². The Morgan fingerprint density at radius 2 is 2.17 bits per heavy atom. The SMILES string of the molecule is Cc1ncsc1CN(C)C[C@H]1CCN(Cc2ccc(C#N)cc2)C1. The van der Waals surface area contributed by atoms with E-state index in [0.29, 0.717) is 0 Å². The zero-order chi connectivity index (χ0) is 16.9. The van der Waals surface area contributed by atoms with Gasteiger partial charge in [0.15, 0.2) is 0 Å². The van der Waals surface area contributed by atoms with Crippen LogP contribution in [0.15, 0.2) is 29.8 Å². The number of rotatable bonds is 6. The summed E-state index contributed by atoms with van der Waals surface area (Å²) in [5, 5.41) is 8.87. The quantitative estimate of drug-likeness (QED) is 0.809. The van der Waals surface area contributed by atoms with E-state index >= 15 is 0 Å². The molecule has 0 spiro atoms. The van der Waals surface area contributed by atoms with Gasteiger partial charge >= 0.3 is 0 Å². The lowest BCUT2D eigenvalue weighted by molar-refractivity contribution is 0.256. The average molecular weight is 340 g/mol. The molecule has 0 amide bonds. The Morgan fingerprint density at radius 1 is 1.38 bits per heavy atom. The van der Waals surface area contributed by atoms with Crippen LogP contribution in [0.3, 0.4) is 0 Å². The maximum absolute atomic E-state index is 8.87. The summed E-state index contributed by atoms with van der Waals surface area (Å²) in [6, 6.07) is 10.1. The monoisotopic (exact) mass is 340 g/mol. The number of benzene rings is 1. The Morgan fingerprint density at radius 3 is 2.83 bits per heavy atom. The molecule has 5 heteroatoms. The van der Waals surface area contributed by atoms with Gasteiger partial charge in [-0.2, -0.15) is 5.26 Å². The lowest BCUT2D eigenvalue weighted by Gasteiger charge is -2.21. The fraction of sp³-hybridized carbons (Fsp3) is 0.474. The van der Waals surface area contributed by atoms with Crippen molar-refractivity contribution in [1.29, 1.82) is 5.26 Å². The first-order valence-electron chi connectivity index (χ1n) is 8.43. The lowest BCUT2D eigenvalue weighted by atomic mass is 10.1. The molecule has 0 unspecified atom stereocenters. The number of likely N-dealkylation sites (tertiary alicyclic amines) is 1. The third-order valence-electron chi connectivity index (χ3n) is 4.69. The van der Waals surface area contributed by atoms with E-state index in [1.807, 2.05) is 17.6 Å². The molecule has 3 rings (SSSR count). The third kappa shape index (κ3) is 4.41. The number of nitrogens with zero attached hydrogens (tertiary/aromatic N) is 4. The van der Waals surface area contributed by atoms with Crippen molar-refractivity contribution in [2.75, 3.05) is 26.7 Å². The van der Waals surface area contributed by atoms with Crippen molar-refractivity contribution in [3.8, 4) is 6.07 Å². The minimum Gasteiger partial charge on any atom is -0.301 e. The van der Waals surface area contributed by atoms with Crippen molar-refractivity contribution in [2.24, 2.45) is 5.92 Å². The van der Waals surface area contributed by atoms with Crippen LogP contribution in [0.25, 0.3) is 0 Å². The zero-order valence-electron chi connectivity index (χ0n) is 14.4. The minimum absolute atomic E-state index is 0.734. The summed E-state index contributed by atoms with van der Waals surface area (Å²) in [7, 11) is 2.21. The van der Waals surface area contributed by atoms with Crippen LogP contribution in [-0.2, 0) is 13.1 Å². The summed E-state index contributed by atoms with van der Waals surface area (Å²) >= 11 is 1.75. The lowest BCUT2D eigenvalue weighted by Crippen LogP contribution is -2.28. The first kappa shape index (κ1) is 17.1. The molecule has 1 fully saturated rings. The van der Waals surface area contributed by atoms with Crippen LogP contribution < -0.4 is 0 Å². The average Bonchev–Trinajstić information content (AvgIpc) is 3.18. The largest absolute Gasteiger partial charge is 0.301 e. The van der Waals surface area contributed by atoms with Crippen molar-refractivity contribution >= 4 is 11.3 Å². The highest BCUT2D eigenvalue weighted by molar-refractivity contribution is 7.09. The van der Waals surface area contributed by atoms with Gasteiger partial charge in [-0.3, -0.25) is 4.90 Å². The van der Waals surface area contributed by atoms with Crippen molar-refractivity contribution < 1.29 is 0 Å². The maximum Gasteiger partial charge on any atom is 0.0991 e. The molecule has 4 nitrogen and oxygen atoms in total. The van der Waals surface area contributed by atoms with E-state index in [2.05, 4.69) is 47.0 Å². The van der Waals surface area contributed by atoms with E-state index in [9.17, 15) is 0 Å². The van der Waals surface area contributed by atoms with Gasteiger partial charge in [-0.1, -0.05) is 12.1 Å². The summed E-state index contributed by atoms with van der Waals surface area (Å²) in [5.41, 5.74) is 5.13. The van der Waals surface area contributed by atoms with Crippen LogP contribution in [0.5, 0.6) is 0 Å². The second-order valence-electron chi connectivity index (χ2n) is 6.76. The van der Waals surface area contributed by atoms with Gasteiger partial charge in [0.05, 0.1) is 22.8 Å². The molecule has 1 aliphatic rings. The summed E-state index contributed by atoms with van der Waals surface area (Å²) in [5.74, 6) is 0.738. The predicted octanol–water partition coefficient (Wildman–Crippen LogP) is 3.28. The van der Waals surface area contributed by atoms with Crippen LogP contribution in [0, 0.1) is 24.2 Å². The van der Waals surface area contributed by atoms with Crippen molar-refractivity contribution in [1.82, 2.24) is 14.8 Å². The van der Waals surface area contributed by atoms with Gasteiger partial charge in [0.2, 0.25) is 0 Å². The van der Waals surface area contributed by atoms with Gasteiger partial charge < -0.3 is 4.90 Å². The Labute approximate surface area is 148 Å². The highest BCUT2D eigenvalue weighted by Gasteiger charge is 2.23. The maximum atomic E-state index is 8.87. The Hall–Kier alpha value is -1.74. The molecule has 1 aromatic carbocycles. The van der Waals surface area contributed by atoms with Gasteiger partial charge in [-0.05, 0) is 50.6 Å². The molecule has 2 aromatic rings. The second kappa shape index (κ2) is 7.89. The molecule has 0 N–H and O–H groups in total. The van der Waals surface area contributed by atoms with E-state index in [1.54, 1.807) is 11.3 Å². The molecular weight excluding hydrogens is 316 g/mol. The molecule has 0 saturated carbocycles. The number of aromatic nitrogens is 1. The Bertz CT molecular complexity index is 701. The number of aryl methyl sites for hydroxylation is 1. The van der Waals surface area contributed by atoms with Crippen LogP contribution in [-0.4, -0.2) is 41.5 Å². The molecule has 126 valence electrons. The minimum atomic E-state index is 0.734. The van der Waals surface area contributed by atoms with Crippen molar-refractivity contribution in [2.45, 2.75) is 26.4 Å². The summed E-state index contributed by atoms with van der Waals surface area (Å²) < 4.78 is 0. The molecule has 1 saturated heterocycles. The summed E-state index contributed by atoms with van der Waals surface area (Å²) in [6.07, 6.45) is 1.27. The fourth-order valence-electron chi connectivity index (χ4n) is 3.38. The van der Waals surface area contributed by atoms with Crippen LogP contribution in [0.2, 0.25) is 0 Å². The molecule has 0 aliphatic carbocycles. The standard InChI is InChI=1S/C19H24N4S/c1-15-19(24-14-21-15)13-22(2)10-18-7-8-23(12-18)11-17-5-3-16(9-20)4-6-17/h3-6,14,18H,7-8,10-13H2,1-2H3/t18-/m1/s1. The normalized spacial score (nSPS) is 18.2. The topological polar surface area (TPSA) is 43.2 Å². The van der Waals surface area contributed by atoms with Gasteiger partial charge in [0.25, 0.3) is 0 Å². The number of hydrogen-bond donors (Lipinski definition) is 0. The van der Waals surface area contributed by atoms with Gasteiger partial charge in [-0.25, -0.2) is 4.98 Å². The second-order valence-corrected chi connectivity index (χ2v) is 7.70. The van der Waals surface area contributed by atoms with E-state index in [1.165, 1.54) is 22.6 Å². The van der Waals surface area contributed by atoms with E-state index in [0.717, 1.165) is 44.2 Å². The van der Waals surface area contributed by atoms with Gasteiger partial charge in [0, 0.05) is 31.1 Å². The molecular formula is C19H24N4S. The molecule has 1 atom stereocenters. The molecule has 1 aliphatic heterocycles. The first-order valence-corrected chi connectivity index (χ1v) is 9.31. The van der Waals surface area contributed by atoms with Gasteiger partial charge in [0.1, 0.15) is 0 Å². The molecule has 1 aromatic heterocycles.